The van der Waals surface area contributed by atoms with Crippen molar-refractivity contribution in [1.82, 2.24) is 0 Å². The van der Waals surface area contributed by atoms with E-state index in [1.165, 1.54) is 114 Å². The lowest BCUT2D eigenvalue weighted by atomic mass is 9.85. The van der Waals surface area contributed by atoms with Gasteiger partial charge in [0.15, 0.2) is 0 Å². The van der Waals surface area contributed by atoms with E-state index in [-0.39, 0.29) is 12.0 Å². The van der Waals surface area contributed by atoms with Gasteiger partial charge in [0, 0.05) is 11.5 Å². The number of hydrogen-bond donors (Lipinski definition) is 0. The molecule has 0 amide bonds. The van der Waals surface area contributed by atoms with Gasteiger partial charge in [-0.1, -0.05) is 182 Å². The van der Waals surface area contributed by atoms with Gasteiger partial charge in [0.1, 0.15) is 11.9 Å². The molecular formula is C60H38O. The Morgan fingerprint density at radius 1 is 0.311 bits per heavy atom. The minimum absolute atomic E-state index is 0.0311. The molecule has 61 heavy (non-hydrogen) atoms. The molecule has 0 fully saturated rings. The van der Waals surface area contributed by atoms with Gasteiger partial charge in [-0.25, -0.2) is 0 Å². The fourth-order valence-electron chi connectivity index (χ4n) is 10.5. The van der Waals surface area contributed by atoms with Crippen LogP contribution in [-0.2, 0) is 0 Å². The highest BCUT2D eigenvalue weighted by molar-refractivity contribution is 6.22. The summed E-state index contributed by atoms with van der Waals surface area (Å²) in [5.74, 6) is 1.19. The molecule has 0 aromatic heterocycles. The molecule has 0 bridgehead atoms. The molecule has 1 heteroatoms. The molecule has 2 unspecified atom stereocenters. The highest BCUT2D eigenvalue weighted by atomic mass is 16.5. The molecule has 13 rings (SSSR count). The maximum Gasteiger partial charge on any atom is 0.128 e. The quantitative estimate of drug-likeness (QED) is 0.162. The Labute approximate surface area is 353 Å². The molecule has 11 aromatic carbocycles. The van der Waals surface area contributed by atoms with Gasteiger partial charge in [-0.3, -0.25) is 0 Å². The molecule has 0 saturated heterocycles. The summed E-state index contributed by atoms with van der Waals surface area (Å²) in [5.41, 5.74) is 11.2. The predicted octanol–water partition coefficient (Wildman–Crippen LogP) is 14.2. The van der Waals surface area contributed by atoms with Crippen molar-refractivity contribution in [2.45, 2.75) is 12.0 Å². The zero-order valence-electron chi connectivity index (χ0n) is 33.3. The number of ether oxygens (including phenoxy) is 1. The normalized spacial score (nSPS) is 15.3. The zero-order chi connectivity index (χ0) is 40.0. The lowest BCUT2D eigenvalue weighted by molar-refractivity contribution is 0.288. The monoisotopic (exact) mass is 774 g/mol. The van der Waals surface area contributed by atoms with E-state index < -0.39 is 0 Å². The lowest BCUT2D eigenvalue weighted by Crippen LogP contribution is -2.34. The summed E-state index contributed by atoms with van der Waals surface area (Å²) < 4.78 is 6.47. The van der Waals surface area contributed by atoms with Crippen LogP contribution in [-0.4, -0.2) is 6.10 Å². The summed E-state index contributed by atoms with van der Waals surface area (Å²) in [6.45, 7) is 0. The number of fused-ring (bicyclic) bond motifs is 9. The van der Waals surface area contributed by atoms with E-state index >= 15 is 0 Å². The van der Waals surface area contributed by atoms with Crippen LogP contribution in [0.2, 0.25) is 0 Å². The molecule has 1 aliphatic heterocycles. The van der Waals surface area contributed by atoms with Gasteiger partial charge in [-0.05, 0) is 145 Å². The molecule has 0 radical (unpaired) electrons. The first kappa shape index (κ1) is 34.2. The Bertz CT molecular complexity index is 3700. The lowest BCUT2D eigenvalue weighted by Gasteiger charge is -2.18. The second-order valence-corrected chi connectivity index (χ2v) is 16.7. The van der Waals surface area contributed by atoms with Crippen LogP contribution in [0.5, 0.6) is 5.75 Å². The van der Waals surface area contributed by atoms with E-state index in [1.807, 2.05) is 0 Å². The molecule has 2 aliphatic rings. The first-order valence-corrected chi connectivity index (χ1v) is 21.3. The topological polar surface area (TPSA) is 9.23 Å². The van der Waals surface area contributed by atoms with E-state index in [0.717, 1.165) is 5.75 Å². The van der Waals surface area contributed by atoms with Gasteiger partial charge in [-0.2, -0.15) is 0 Å². The van der Waals surface area contributed by atoms with Crippen molar-refractivity contribution < 1.29 is 4.74 Å². The van der Waals surface area contributed by atoms with Crippen LogP contribution in [0, 0.1) is 0 Å². The highest BCUT2D eigenvalue weighted by Crippen LogP contribution is 2.46. The van der Waals surface area contributed by atoms with Crippen molar-refractivity contribution in [3.63, 3.8) is 0 Å². The van der Waals surface area contributed by atoms with Gasteiger partial charge in [-0.15, -0.1) is 0 Å². The van der Waals surface area contributed by atoms with Crippen LogP contribution in [0.1, 0.15) is 11.5 Å². The average molecular weight is 775 g/mol. The summed E-state index contributed by atoms with van der Waals surface area (Å²) in [7, 11) is 0. The van der Waals surface area contributed by atoms with Crippen LogP contribution in [0.4, 0.5) is 0 Å². The first-order valence-electron chi connectivity index (χ1n) is 21.3. The third-order valence-electron chi connectivity index (χ3n) is 13.3. The minimum Gasteiger partial charge on any atom is -0.485 e. The second kappa shape index (κ2) is 13.4. The molecule has 1 aliphatic carbocycles. The van der Waals surface area contributed by atoms with Crippen molar-refractivity contribution >= 4 is 66.0 Å². The maximum absolute atomic E-state index is 6.47. The Morgan fingerprint density at radius 2 is 0.738 bits per heavy atom. The fraction of sp³-hybridized carbons (Fsp3) is 0.0333. The Hall–Kier alpha value is -7.74. The molecule has 2 atom stereocenters. The fourth-order valence-corrected chi connectivity index (χ4v) is 10.5. The largest absolute Gasteiger partial charge is 0.485 e. The number of rotatable bonds is 4. The van der Waals surface area contributed by atoms with Gasteiger partial charge in [0.05, 0.1) is 0 Å². The molecule has 0 spiro atoms. The summed E-state index contributed by atoms with van der Waals surface area (Å²) >= 11 is 0. The van der Waals surface area contributed by atoms with E-state index in [0.29, 0.717) is 0 Å². The summed E-state index contributed by atoms with van der Waals surface area (Å²) in [5, 5.41) is 15.1. The molecule has 0 saturated carbocycles. The molecule has 284 valence electrons. The van der Waals surface area contributed by atoms with Gasteiger partial charge >= 0.3 is 0 Å². The molecule has 1 nitrogen and oxygen atoms in total. The smallest absolute Gasteiger partial charge is 0.128 e. The molecule has 11 aromatic rings. The van der Waals surface area contributed by atoms with Crippen LogP contribution >= 0.6 is 0 Å². The first-order chi connectivity index (χ1) is 30.2. The van der Waals surface area contributed by atoms with Crippen molar-refractivity contribution in [2.24, 2.45) is 0 Å². The highest BCUT2D eigenvalue weighted by Gasteiger charge is 2.33. The minimum atomic E-state index is 0.0311. The van der Waals surface area contributed by atoms with Crippen LogP contribution in [0.15, 0.2) is 206 Å². The Morgan fingerprint density at radius 3 is 1.34 bits per heavy atom. The molecular weight excluding hydrogens is 737 g/mol. The van der Waals surface area contributed by atoms with Crippen molar-refractivity contribution in [2.75, 3.05) is 0 Å². The second-order valence-electron chi connectivity index (χ2n) is 16.7. The van der Waals surface area contributed by atoms with Gasteiger partial charge in [0.2, 0.25) is 0 Å². The van der Waals surface area contributed by atoms with E-state index in [2.05, 4.69) is 218 Å². The summed E-state index contributed by atoms with van der Waals surface area (Å²) in [4.78, 5) is 0. The zero-order valence-corrected chi connectivity index (χ0v) is 33.3. The van der Waals surface area contributed by atoms with E-state index in [9.17, 15) is 0 Å². The number of benzene rings is 11. The van der Waals surface area contributed by atoms with Gasteiger partial charge < -0.3 is 4.74 Å². The Balaban J connectivity index is 0.897. The van der Waals surface area contributed by atoms with E-state index in [1.54, 1.807) is 0 Å². The Kier molecular flexibility index (Phi) is 7.50. The van der Waals surface area contributed by atoms with Crippen molar-refractivity contribution in [1.29, 1.82) is 0 Å². The standard InChI is InChI=1S/C60H38O/c1-2-12-38-32-45(25-21-37(38)11-1)59-51-17-7-9-19-53(51)60(54-20-10-8-18-52(54)59)46-26-23-41-31-43(24-22-42(41)33-46)47-28-29-48(50-16-6-5-15-49(47)50)44-27-30-57-55(35-44)56-34-39-13-3-4-14-40(39)36-58(56)61-57/h1-36,56,58H. The van der Waals surface area contributed by atoms with Crippen LogP contribution in [0.25, 0.3) is 111 Å². The van der Waals surface area contributed by atoms with Crippen molar-refractivity contribution in [3.05, 3.63) is 222 Å². The summed E-state index contributed by atoms with van der Waals surface area (Å²) in [6, 6.07) is 76.2. The predicted molar refractivity (Wildman–Crippen MR) is 257 cm³/mol. The SMILES string of the molecule is C1=c2ccccc2=CC2c3cc(-c4ccc(-c5ccc6cc(-c7c8ccccc8c(-c8ccc9ccccc9c8)c8ccccc78)ccc6c5)c5ccccc45)ccc3OC12. The van der Waals surface area contributed by atoms with Crippen LogP contribution < -0.4 is 15.2 Å². The van der Waals surface area contributed by atoms with Gasteiger partial charge in [0.25, 0.3) is 0 Å². The summed E-state index contributed by atoms with van der Waals surface area (Å²) in [6.07, 6.45) is 4.69. The number of hydrogen-bond acceptors (Lipinski definition) is 1. The maximum atomic E-state index is 6.47. The van der Waals surface area contributed by atoms with Crippen LogP contribution in [0.3, 0.4) is 0 Å². The molecule has 0 N–H and O–H groups in total. The van der Waals surface area contributed by atoms with E-state index in [4.69, 9.17) is 4.74 Å². The third-order valence-corrected chi connectivity index (χ3v) is 13.3. The van der Waals surface area contributed by atoms with Crippen molar-refractivity contribution in [3.8, 4) is 50.3 Å². The average Bonchev–Trinajstić information content (AvgIpc) is 3.68. The molecule has 1 heterocycles. The third kappa shape index (κ3) is 5.41.